The molecule has 0 aromatic rings. The molecule has 4 nitrogen and oxygen atoms in total. The molecule has 0 aliphatic heterocycles. The van der Waals surface area contributed by atoms with Gasteiger partial charge in [-0.15, -0.1) is 0 Å². The van der Waals surface area contributed by atoms with Gasteiger partial charge in [-0.25, -0.2) is 0 Å². The van der Waals surface area contributed by atoms with E-state index < -0.39 is 12.3 Å². The molecule has 0 fully saturated rings. The van der Waals surface area contributed by atoms with E-state index in [1.807, 2.05) is 0 Å². The molecular formula is C35H72O4. The normalized spacial score (nSPS) is 14.5. The predicted octanol–water partition coefficient (Wildman–Crippen LogP) is 11.2. The molecule has 0 aliphatic carbocycles. The van der Waals surface area contributed by atoms with Gasteiger partial charge >= 0.3 is 0 Å². The molecule has 0 spiro atoms. The highest BCUT2D eigenvalue weighted by molar-refractivity contribution is 4.69. The molecule has 4 heteroatoms. The standard InChI is InChI=1S/C35H72O4/c1-6-10-12-13-14-15-16-17-18-19-20-21-22-23-24-25-27-30-34(38-32(5)39-35(36,37)9-4)31-33(28-8-3)29-26-11-7-2/h32-34,36-37H,6-31H2,1-5H3. The summed E-state index contributed by atoms with van der Waals surface area (Å²) in [6.07, 6.45) is 32.9. The number of hydrogen-bond acceptors (Lipinski definition) is 4. The number of unbranched alkanes of at least 4 members (excludes halogenated alkanes) is 18. The van der Waals surface area contributed by atoms with Crippen LogP contribution in [0.4, 0.5) is 0 Å². The molecule has 2 N–H and O–H groups in total. The van der Waals surface area contributed by atoms with Crippen LogP contribution in [0.5, 0.6) is 0 Å². The van der Waals surface area contributed by atoms with E-state index in [-0.39, 0.29) is 12.5 Å². The van der Waals surface area contributed by atoms with Gasteiger partial charge in [-0.05, 0) is 25.7 Å². The van der Waals surface area contributed by atoms with Crippen molar-refractivity contribution < 1.29 is 19.7 Å². The van der Waals surface area contributed by atoms with Gasteiger partial charge in [-0.3, -0.25) is 4.74 Å². The van der Waals surface area contributed by atoms with E-state index in [1.165, 1.54) is 148 Å². The molecule has 0 aliphatic rings. The third-order valence-electron chi connectivity index (χ3n) is 8.34. The summed E-state index contributed by atoms with van der Waals surface area (Å²) in [6, 6.07) is 0. The van der Waals surface area contributed by atoms with Crippen molar-refractivity contribution in [2.24, 2.45) is 5.92 Å². The highest BCUT2D eigenvalue weighted by Gasteiger charge is 2.27. The van der Waals surface area contributed by atoms with Crippen molar-refractivity contribution in [1.29, 1.82) is 0 Å². The number of ether oxygens (including phenoxy) is 2. The highest BCUT2D eigenvalue weighted by Crippen LogP contribution is 2.26. The van der Waals surface area contributed by atoms with Crippen LogP contribution >= 0.6 is 0 Å². The SMILES string of the molecule is CCCCCCCCCCCCCCCCCCCC(CC(CCC)CCCCC)OC(C)OC(O)(O)CC. The average molecular weight is 557 g/mol. The maximum atomic E-state index is 9.90. The van der Waals surface area contributed by atoms with Gasteiger partial charge in [0, 0.05) is 6.42 Å². The summed E-state index contributed by atoms with van der Waals surface area (Å²) in [5.74, 6) is -1.43. The van der Waals surface area contributed by atoms with E-state index in [1.54, 1.807) is 13.8 Å². The van der Waals surface area contributed by atoms with Crippen LogP contribution in [0.3, 0.4) is 0 Å². The van der Waals surface area contributed by atoms with E-state index >= 15 is 0 Å². The van der Waals surface area contributed by atoms with Crippen LogP contribution < -0.4 is 0 Å². The highest BCUT2D eigenvalue weighted by atomic mass is 16.8. The lowest BCUT2D eigenvalue weighted by Gasteiger charge is -2.30. The lowest BCUT2D eigenvalue weighted by molar-refractivity contribution is -0.388. The zero-order chi connectivity index (χ0) is 29.0. The van der Waals surface area contributed by atoms with Crippen LogP contribution in [-0.4, -0.2) is 28.6 Å². The first-order valence-electron chi connectivity index (χ1n) is 17.7. The van der Waals surface area contributed by atoms with Gasteiger partial charge in [0.15, 0.2) is 6.29 Å². The molecule has 3 atom stereocenters. The van der Waals surface area contributed by atoms with Crippen molar-refractivity contribution in [3.05, 3.63) is 0 Å². The fourth-order valence-electron chi connectivity index (χ4n) is 5.83. The summed E-state index contributed by atoms with van der Waals surface area (Å²) in [6.45, 7) is 10.3. The molecule has 0 amide bonds. The molecular weight excluding hydrogens is 484 g/mol. The van der Waals surface area contributed by atoms with E-state index in [0.29, 0.717) is 5.92 Å². The van der Waals surface area contributed by atoms with E-state index in [0.717, 1.165) is 12.8 Å². The van der Waals surface area contributed by atoms with Gasteiger partial charge in [-0.2, -0.15) is 0 Å². The molecule has 0 saturated carbocycles. The molecule has 0 rings (SSSR count). The second kappa shape index (κ2) is 28.0. The lowest BCUT2D eigenvalue weighted by Crippen LogP contribution is -2.37. The third kappa shape index (κ3) is 26.5. The third-order valence-corrected chi connectivity index (χ3v) is 8.34. The van der Waals surface area contributed by atoms with Crippen LogP contribution in [0.25, 0.3) is 0 Å². The second-order valence-electron chi connectivity index (χ2n) is 12.4. The van der Waals surface area contributed by atoms with Crippen molar-refractivity contribution in [2.75, 3.05) is 0 Å². The number of rotatable bonds is 31. The van der Waals surface area contributed by atoms with Gasteiger partial charge < -0.3 is 14.9 Å². The van der Waals surface area contributed by atoms with Crippen LogP contribution in [0.2, 0.25) is 0 Å². The molecule has 0 heterocycles. The first-order valence-corrected chi connectivity index (χ1v) is 17.7. The van der Waals surface area contributed by atoms with Crippen molar-refractivity contribution in [1.82, 2.24) is 0 Å². The van der Waals surface area contributed by atoms with Crippen LogP contribution in [0.15, 0.2) is 0 Å². The predicted molar refractivity (Wildman–Crippen MR) is 169 cm³/mol. The minimum absolute atomic E-state index is 0.125. The monoisotopic (exact) mass is 557 g/mol. The minimum atomic E-state index is -2.11. The largest absolute Gasteiger partial charge is 0.349 e. The van der Waals surface area contributed by atoms with E-state index in [4.69, 9.17) is 9.47 Å². The second-order valence-corrected chi connectivity index (χ2v) is 12.4. The topological polar surface area (TPSA) is 58.9 Å². The Labute approximate surface area is 245 Å². The van der Waals surface area contributed by atoms with Crippen LogP contribution in [0.1, 0.15) is 202 Å². The van der Waals surface area contributed by atoms with Gasteiger partial charge in [0.25, 0.3) is 5.97 Å². The van der Waals surface area contributed by atoms with Crippen LogP contribution in [-0.2, 0) is 9.47 Å². The van der Waals surface area contributed by atoms with E-state index in [9.17, 15) is 10.2 Å². The van der Waals surface area contributed by atoms with Crippen LogP contribution in [0, 0.1) is 5.92 Å². The van der Waals surface area contributed by atoms with Gasteiger partial charge in [0.2, 0.25) is 0 Å². The Hall–Kier alpha value is -0.160. The Morgan fingerprint density at radius 3 is 1.36 bits per heavy atom. The fraction of sp³-hybridized carbons (Fsp3) is 1.00. The molecule has 0 bridgehead atoms. The Kier molecular flexibility index (Phi) is 27.9. The molecule has 3 unspecified atom stereocenters. The maximum absolute atomic E-state index is 9.90. The van der Waals surface area contributed by atoms with Gasteiger partial charge in [0.05, 0.1) is 6.10 Å². The zero-order valence-electron chi connectivity index (χ0n) is 27.3. The summed E-state index contributed by atoms with van der Waals surface area (Å²) >= 11 is 0. The van der Waals surface area contributed by atoms with Crippen molar-refractivity contribution in [3.63, 3.8) is 0 Å². The first-order chi connectivity index (χ1) is 18.9. The Morgan fingerprint density at radius 1 is 0.513 bits per heavy atom. The quantitative estimate of drug-likeness (QED) is 0.0658. The Morgan fingerprint density at radius 2 is 0.923 bits per heavy atom. The molecule has 39 heavy (non-hydrogen) atoms. The molecule has 0 aromatic heterocycles. The fourth-order valence-corrected chi connectivity index (χ4v) is 5.83. The summed E-state index contributed by atoms with van der Waals surface area (Å²) in [7, 11) is 0. The summed E-state index contributed by atoms with van der Waals surface area (Å²) in [5.41, 5.74) is 0. The average Bonchev–Trinajstić information content (AvgIpc) is 2.90. The van der Waals surface area contributed by atoms with Crippen molar-refractivity contribution >= 4 is 0 Å². The molecule has 0 radical (unpaired) electrons. The smallest absolute Gasteiger partial charge is 0.279 e. The molecule has 236 valence electrons. The lowest BCUT2D eigenvalue weighted by atomic mass is 9.89. The minimum Gasteiger partial charge on any atom is -0.349 e. The maximum Gasteiger partial charge on any atom is 0.279 e. The molecule has 0 aromatic carbocycles. The summed E-state index contributed by atoms with van der Waals surface area (Å²) in [4.78, 5) is 0. The summed E-state index contributed by atoms with van der Waals surface area (Å²) < 4.78 is 11.6. The molecule has 0 saturated heterocycles. The number of hydrogen-bond donors (Lipinski definition) is 2. The number of aliphatic hydroxyl groups is 2. The summed E-state index contributed by atoms with van der Waals surface area (Å²) in [5, 5.41) is 19.8. The first kappa shape index (κ1) is 38.8. The van der Waals surface area contributed by atoms with Crippen molar-refractivity contribution in [2.45, 2.75) is 220 Å². The Balaban J connectivity index is 4.12. The van der Waals surface area contributed by atoms with Gasteiger partial charge in [-0.1, -0.05) is 175 Å². The van der Waals surface area contributed by atoms with E-state index in [2.05, 4.69) is 20.8 Å². The van der Waals surface area contributed by atoms with Crippen molar-refractivity contribution in [3.8, 4) is 0 Å². The Bertz CT molecular complexity index is 481. The van der Waals surface area contributed by atoms with Gasteiger partial charge in [0.1, 0.15) is 0 Å². The zero-order valence-corrected chi connectivity index (χ0v) is 27.3.